The van der Waals surface area contributed by atoms with E-state index in [9.17, 15) is 0 Å². The number of hydrogen-bond donors (Lipinski definition) is 0. The summed E-state index contributed by atoms with van der Waals surface area (Å²) >= 11 is 1.71. The van der Waals surface area contributed by atoms with Gasteiger partial charge in [0, 0.05) is 23.4 Å². The molecule has 0 N–H and O–H groups in total. The zero-order valence-electron chi connectivity index (χ0n) is 8.87. The lowest BCUT2D eigenvalue weighted by Crippen LogP contribution is -2.47. The van der Waals surface area contributed by atoms with Crippen LogP contribution in [0.4, 0.5) is 0 Å². The first-order chi connectivity index (χ1) is 6.58. The van der Waals surface area contributed by atoms with Crippen LogP contribution >= 0.6 is 11.3 Å². The summed E-state index contributed by atoms with van der Waals surface area (Å²) in [5.74, 6) is 0. The maximum Gasteiger partial charge on any atom is 0.504 e. The molecule has 2 rings (SSSR count). The van der Waals surface area contributed by atoms with E-state index in [-0.39, 0.29) is 12.5 Å². The Morgan fingerprint density at radius 3 is 2.50 bits per heavy atom. The van der Waals surface area contributed by atoms with Gasteiger partial charge in [0.1, 0.15) is 0 Å². The second-order valence-electron chi connectivity index (χ2n) is 4.59. The van der Waals surface area contributed by atoms with Gasteiger partial charge in [-0.1, -0.05) is 13.8 Å². The summed E-state index contributed by atoms with van der Waals surface area (Å²) in [4.78, 5) is 0. The molecular weight excluding hydrogens is 195 g/mol. The minimum Gasteiger partial charge on any atom is -0.406 e. The Morgan fingerprint density at radius 2 is 2.00 bits per heavy atom. The average molecular weight is 210 g/mol. The minimum atomic E-state index is -0.136. The van der Waals surface area contributed by atoms with Crippen LogP contribution in [0.15, 0.2) is 11.4 Å². The molecule has 1 fully saturated rings. The van der Waals surface area contributed by atoms with E-state index >= 15 is 0 Å². The standard InChI is InChI=1S/C10H15BO2S/c1-8-4-5-14-9(8)11-12-6-10(2,3)7-13-11/h4-5H,6-7H2,1-3H3. The van der Waals surface area contributed by atoms with Crippen LogP contribution in [0.25, 0.3) is 0 Å². The van der Waals surface area contributed by atoms with Crippen LogP contribution in [0, 0.1) is 12.3 Å². The molecule has 0 amide bonds. The molecule has 2 heterocycles. The highest BCUT2D eigenvalue weighted by atomic mass is 32.1. The second kappa shape index (κ2) is 3.68. The molecule has 0 saturated carbocycles. The monoisotopic (exact) mass is 210 g/mol. The fraction of sp³-hybridized carbons (Fsp3) is 0.600. The van der Waals surface area contributed by atoms with E-state index in [1.54, 1.807) is 11.3 Å². The first kappa shape index (κ1) is 10.2. The van der Waals surface area contributed by atoms with Gasteiger partial charge < -0.3 is 9.31 Å². The van der Waals surface area contributed by atoms with Gasteiger partial charge in [0.25, 0.3) is 0 Å². The Bertz CT molecular complexity index is 312. The quantitative estimate of drug-likeness (QED) is 0.658. The first-order valence-corrected chi connectivity index (χ1v) is 5.74. The van der Waals surface area contributed by atoms with E-state index in [0.29, 0.717) is 0 Å². The van der Waals surface area contributed by atoms with Crippen molar-refractivity contribution in [2.75, 3.05) is 13.2 Å². The van der Waals surface area contributed by atoms with Crippen molar-refractivity contribution in [1.29, 1.82) is 0 Å². The van der Waals surface area contributed by atoms with Gasteiger partial charge in [0.05, 0.1) is 0 Å². The molecule has 1 aliphatic rings. The van der Waals surface area contributed by atoms with Gasteiger partial charge in [-0.15, -0.1) is 0 Å². The summed E-state index contributed by atoms with van der Waals surface area (Å²) < 4.78 is 12.6. The third kappa shape index (κ3) is 2.02. The van der Waals surface area contributed by atoms with Crippen LogP contribution < -0.4 is 4.78 Å². The van der Waals surface area contributed by atoms with Crippen LogP contribution in [-0.2, 0) is 9.31 Å². The molecule has 0 aromatic carbocycles. The van der Waals surface area contributed by atoms with Gasteiger partial charge in [-0.3, -0.25) is 0 Å². The predicted octanol–water partition coefficient (Wildman–Crippen LogP) is 1.82. The summed E-state index contributed by atoms with van der Waals surface area (Å²) in [6.45, 7) is 7.96. The first-order valence-electron chi connectivity index (χ1n) is 4.86. The molecular formula is C10H15BO2S. The van der Waals surface area contributed by atoms with Crippen LogP contribution in [0.5, 0.6) is 0 Å². The minimum absolute atomic E-state index is 0.136. The van der Waals surface area contributed by atoms with Crippen LogP contribution in [0.3, 0.4) is 0 Å². The van der Waals surface area contributed by atoms with E-state index in [2.05, 4.69) is 32.2 Å². The van der Waals surface area contributed by atoms with Crippen LogP contribution in [0.1, 0.15) is 19.4 Å². The number of rotatable bonds is 1. The zero-order chi connectivity index (χ0) is 10.2. The summed E-state index contributed by atoms with van der Waals surface area (Å²) in [7, 11) is -0.136. The largest absolute Gasteiger partial charge is 0.504 e. The molecule has 0 spiro atoms. The van der Waals surface area contributed by atoms with E-state index in [1.807, 2.05) is 0 Å². The van der Waals surface area contributed by atoms with E-state index in [0.717, 1.165) is 13.2 Å². The molecule has 0 aliphatic carbocycles. The highest BCUT2D eigenvalue weighted by molar-refractivity contribution is 7.21. The lowest BCUT2D eigenvalue weighted by atomic mass is 9.80. The Hall–Kier alpha value is -0.315. The van der Waals surface area contributed by atoms with Gasteiger partial charge in [-0.05, 0) is 23.9 Å². The van der Waals surface area contributed by atoms with Crippen LogP contribution in [-0.4, -0.2) is 20.3 Å². The van der Waals surface area contributed by atoms with Crippen molar-refractivity contribution >= 4 is 23.2 Å². The molecule has 2 nitrogen and oxygen atoms in total. The smallest absolute Gasteiger partial charge is 0.406 e. The van der Waals surface area contributed by atoms with Gasteiger partial charge in [-0.25, -0.2) is 0 Å². The highest BCUT2D eigenvalue weighted by Gasteiger charge is 2.34. The predicted molar refractivity (Wildman–Crippen MR) is 60.1 cm³/mol. The second-order valence-corrected chi connectivity index (χ2v) is 5.53. The molecule has 0 atom stereocenters. The molecule has 1 aliphatic heterocycles. The van der Waals surface area contributed by atoms with Crippen molar-refractivity contribution in [3.8, 4) is 0 Å². The van der Waals surface area contributed by atoms with Crippen molar-refractivity contribution in [2.24, 2.45) is 5.41 Å². The van der Waals surface area contributed by atoms with E-state index in [4.69, 9.17) is 9.31 Å². The Labute approximate surface area is 89.4 Å². The van der Waals surface area contributed by atoms with Gasteiger partial charge in [-0.2, -0.15) is 11.3 Å². The van der Waals surface area contributed by atoms with Crippen molar-refractivity contribution in [3.05, 3.63) is 17.0 Å². The van der Waals surface area contributed by atoms with E-state index in [1.165, 1.54) is 10.3 Å². The van der Waals surface area contributed by atoms with Crippen molar-refractivity contribution < 1.29 is 9.31 Å². The van der Waals surface area contributed by atoms with Gasteiger partial charge >= 0.3 is 7.12 Å². The Kier molecular flexibility index (Phi) is 2.69. The maximum atomic E-state index is 5.71. The third-order valence-electron chi connectivity index (χ3n) is 2.37. The SMILES string of the molecule is Cc1ccsc1B1OCC(C)(C)CO1. The van der Waals surface area contributed by atoms with Crippen molar-refractivity contribution in [3.63, 3.8) is 0 Å². The maximum absolute atomic E-state index is 5.71. The fourth-order valence-electron chi connectivity index (χ4n) is 1.47. The molecule has 0 bridgehead atoms. The zero-order valence-corrected chi connectivity index (χ0v) is 9.69. The molecule has 0 radical (unpaired) electrons. The normalized spacial score (nSPS) is 21.2. The highest BCUT2D eigenvalue weighted by Crippen LogP contribution is 2.22. The molecule has 76 valence electrons. The summed E-state index contributed by atoms with van der Waals surface area (Å²) in [5.41, 5.74) is 1.42. The Balaban J connectivity index is 2.06. The van der Waals surface area contributed by atoms with Crippen molar-refractivity contribution in [1.82, 2.24) is 0 Å². The van der Waals surface area contributed by atoms with Crippen molar-refractivity contribution in [2.45, 2.75) is 20.8 Å². The number of hydrogen-bond acceptors (Lipinski definition) is 3. The summed E-state index contributed by atoms with van der Waals surface area (Å²) in [5, 5.41) is 2.08. The lowest BCUT2D eigenvalue weighted by molar-refractivity contribution is 0.0345. The Morgan fingerprint density at radius 1 is 1.36 bits per heavy atom. The molecule has 1 aromatic rings. The molecule has 14 heavy (non-hydrogen) atoms. The fourth-order valence-corrected chi connectivity index (χ4v) is 2.39. The summed E-state index contributed by atoms with van der Waals surface area (Å²) in [6, 6.07) is 2.10. The summed E-state index contributed by atoms with van der Waals surface area (Å²) in [6.07, 6.45) is 0. The molecule has 0 unspecified atom stereocenters. The van der Waals surface area contributed by atoms with Gasteiger partial charge in [0.2, 0.25) is 0 Å². The average Bonchev–Trinajstić information content (AvgIpc) is 2.52. The topological polar surface area (TPSA) is 18.5 Å². The molecule has 4 heteroatoms. The number of thiophene rings is 1. The molecule has 1 saturated heterocycles. The molecule has 1 aromatic heterocycles. The lowest BCUT2D eigenvalue weighted by Gasteiger charge is -2.32. The van der Waals surface area contributed by atoms with Crippen LogP contribution in [0.2, 0.25) is 0 Å². The number of aryl methyl sites for hydroxylation is 1. The van der Waals surface area contributed by atoms with Gasteiger partial charge in [0.15, 0.2) is 0 Å². The third-order valence-corrected chi connectivity index (χ3v) is 3.41. The van der Waals surface area contributed by atoms with E-state index < -0.39 is 0 Å².